The minimum atomic E-state index is -0.824. The molecule has 408 valence electrons. The van der Waals surface area contributed by atoms with E-state index in [1.54, 1.807) is 0 Å². The largest absolute Gasteiger partial charge is 0.462 e. The number of carbonyl (C=O) groups excluding carboxylic acids is 3. The highest BCUT2D eigenvalue weighted by Crippen LogP contribution is 2.16. The van der Waals surface area contributed by atoms with Crippen LogP contribution in [0.15, 0.2) is 85.1 Å². The third-order valence-electron chi connectivity index (χ3n) is 12.9. The predicted octanol–water partition coefficient (Wildman–Crippen LogP) is 20.3. The minimum Gasteiger partial charge on any atom is -0.462 e. The number of ether oxygens (including phenoxy) is 3. The lowest BCUT2D eigenvalue weighted by atomic mass is 10.0. The second kappa shape index (κ2) is 59.2. The lowest BCUT2D eigenvalue weighted by Crippen LogP contribution is -2.30. The number of carbonyl (C=O) groups is 3. The number of esters is 3. The summed E-state index contributed by atoms with van der Waals surface area (Å²) in [6, 6.07) is 0. The standard InChI is InChI=1S/C65H112O6/c1-4-7-10-13-16-19-22-25-28-31-32-35-37-40-43-46-49-52-55-58-64(67)70-61-62(71-65(68)59-56-53-50-47-44-41-38-34-30-27-24-21-18-15-12-9-6-3)60-69-63(66)57-54-51-48-45-42-39-36-33-29-26-23-20-17-14-11-8-5-2/h17,20,26-27,29-30,36,38-39,41,45,47-48,50,62H,4-16,18-19,21-25,28,31-35,37,40,42-44,46,49,51-61H2,1-3H3/b20-17-,29-26-,30-27-,39-36-,41-38-,48-45-,50-47-/t62-/m1/s1. The molecule has 0 N–H and O–H groups in total. The van der Waals surface area contributed by atoms with Crippen LogP contribution in [0.1, 0.15) is 290 Å². The quantitative estimate of drug-likeness (QED) is 0.0261. The van der Waals surface area contributed by atoms with Gasteiger partial charge in [-0.15, -0.1) is 0 Å². The maximum atomic E-state index is 12.8. The Bertz CT molecular complexity index is 1370. The predicted molar refractivity (Wildman–Crippen MR) is 307 cm³/mol. The van der Waals surface area contributed by atoms with Gasteiger partial charge in [0.05, 0.1) is 0 Å². The molecule has 0 amide bonds. The van der Waals surface area contributed by atoms with E-state index in [0.29, 0.717) is 19.3 Å². The molecule has 0 aromatic carbocycles. The molecule has 0 aromatic heterocycles. The fourth-order valence-electron chi connectivity index (χ4n) is 8.33. The Kier molecular flexibility index (Phi) is 56.3. The van der Waals surface area contributed by atoms with Gasteiger partial charge in [-0.2, -0.15) is 0 Å². The van der Waals surface area contributed by atoms with Gasteiger partial charge in [-0.05, 0) is 89.9 Å². The summed E-state index contributed by atoms with van der Waals surface area (Å²) < 4.78 is 16.8. The van der Waals surface area contributed by atoms with Crippen LogP contribution in [-0.2, 0) is 28.6 Å². The van der Waals surface area contributed by atoms with Gasteiger partial charge in [-0.3, -0.25) is 14.4 Å². The van der Waals surface area contributed by atoms with Gasteiger partial charge in [0.25, 0.3) is 0 Å². The van der Waals surface area contributed by atoms with Gasteiger partial charge < -0.3 is 14.2 Å². The molecule has 0 aliphatic rings. The van der Waals surface area contributed by atoms with Crippen LogP contribution < -0.4 is 0 Å². The second-order valence-electron chi connectivity index (χ2n) is 19.9. The molecule has 0 rings (SSSR count). The van der Waals surface area contributed by atoms with Crippen molar-refractivity contribution < 1.29 is 28.6 Å². The molecular weight excluding hydrogens is 877 g/mol. The summed E-state index contributed by atoms with van der Waals surface area (Å²) in [6.07, 6.45) is 77.3. The summed E-state index contributed by atoms with van der Waals surface area (Å²) in [7, 11) is 0. The van der Waals surface area contributed by atoms with E-state index in [-0.39, 0.29) is 44.0 Å². The molecule has 0 bridgehead atoms. The Morgan fingerprint density at radius 3 is 0.873 bits per heavy atom. The van der Waals surface area contributed by atoms with E-state index < -0.39 is 6.10 Å². The van der Waals surface area contributed by atoms with Gasteiger partial charge in [0.2, 0.25) is 0 Å². The van der Waals surface area contributed by atoms with Crippen molar-refractivity contribution in [1.82, 2.24) is 0 Å². The Labute approximate surface area is 439 Å². The second-order valence-corrected chi connectivity index (χ2v) is 19.9. The summed E-state index contributed by atoms with van der Waals surface area (Å²) in [6.45, 7) is 6.54. The molecule has 6 heteroatoms. The summed E-state index contributed by atoms with van der Waals surface area (Å²) in [5, 5.41) is 0. The lowest BCUT2D eigenvalue weighted by molar-refractivity contribution is -0.167. The molecule has 0 aromatic rings. The van der Waals surface area contributed by atoms with E-state index in [1.807, 2.05) is 0 Å². The van der Waals surface area contributed by atoms with Gasteiger partial charge >= 0.3 is 17.9 Å². The van der Waals surface area contributed by atoms with Crippen LogP contribution in [0, 0.1) is 0 Å². The number of rotatable bonds is 54. The lowest BCUT2D eigenvalue weighted by Gasteiger charge is -2.18. The van der Waals surface area contributed by atoms with E-state index in [1.165, 1.54) is 173 Å². The summed E-state index contributed by atoms with van der Waals surface area (Å²) in [5.74, 6) is -1.01. The van der Waals surface area contributed by atoms with Crippen LogP contribution >= 0.6 is 0 Å². The van der Waals surface area contributed by atoms with Crippen molar-refractivity contribution in [3.8, 4) is 0 Å². The molecule has 6 nitrogen and oxygen atoms in total. The van der Waals surface area contributed by atoms with Crippen molar-refractivity contribution >= 4 is 17.9 Å². The number of unbranched alkanes of at least 4 members (excludes halogenated alkanes) is 29. The monoisotopic (exact) mass is 989 g/mol. The van der Waals surface area contributed by atoms with E-state index in [2.05, 4.69) is 106 Å². The highest BCUT2D eigenvalue weighted by Gasteiger charge is 2.19. The topological polar surface area (TPSA) is 78.9 Å². The smallest absolute Gasteiger partial charge is 0.306 e. The first-order chi connectivity index (χ1) is 35.0. The van der Waals surface area contributed by atoms with Crippen molar-refractivity contribution in [3.63, 3.8) is 0 Å². The Balaban J connectivity index is 4.50. The van der Waals surface area contributed by atoms with Gasteiger partial charge in [-0.1, -0.05) is 266 Å². The summed E-state index contributed by atoms with van der Waals surface area (Å²) in [5.41, 5.74) is 0. The molecule has 0 saturated heterocycles. The summed E-state index contributed by atoms with van der Waals surface area (Å²) in [4.78, 5) is 38.2. The highest BCUT2D eigenvalue weighted by atomic mass is 16.6. The van der Waals surface area contributed by atoms with Crippen LogP contribution in [0.2, 0.25) is 0 Å². The van der Waals surface area contributed by atoms with E-state index in [0.717, 1.165) is 64.2 Å². The first-order valence-electron chi connectivity index (χ1n) is 30.1. The number of hydrogen-bond donors (Lipinski definition) is 0. The molecule has 0 aliphatic carbocycles. The highest BCUT2D eigenvalue weighted by molar-refractivity contribution is 5.71. The molecule has 0 radical (unpaired) electrons. The third kappa shape index (κ3) is 57.4. The SMILES string of the molecule is CCCCC/C=C\C/C=C\C/C=C\C/C=C\CCCC(=O)OC[C@H](COC(=O)CCCCCCCCCCCCCCCCCCCCC)OC(=O)CCC/C=C\C/C=C\C/C=C\CCCCCCCC. The van der Waals surface area contributed by atoms with Gasteiger partial charge in [0, 0.05) is 19.3 Å². The minimum absolute atomic E-state index is 0.111. The third-order valence-corrected chi connectivity index (χ3v) is 12.9. The van der Waals surface area contributed by atoms with E-state index in [9.17, 15) is 14.4 Å². The van der Waals surface area contributed by atoms with Crippen molar-refractivity contribution in [2.45, 2.75) is 297 Å². The fourth-order valence-corrected chi connectivity index (χ4v) is 8.33. The van der Waals surface area contributed by atoms with Crippen molar-refractivity contribution in [1.29, 1.82) is 0 Å². The fraction of sp³-hybridized carbons (Fsp3) is 0.738. The van der Waals surface area contributed by atoms with Gasteiger partial charge in [-0.25, -0.2) is 0 Å². The van der Waals surface area contributed by atoms with Gasteiger partial charge in [0.1, 0.15) is 13.2 Å². The number of hydrogen-bond acceptors (Lipinski definition) is 6. The van der Waals surface area contributed by atoms with Crippen molar-refractivity contribution in [2.24, 2.45) is 0 Å². The van der Waals surface area contributed by atoms with Crippen LogP contribution in [0.4, 0.5) is 0 Å². The van der Waals surface area contributed by atoms with Crippen LogP contribution in [0.3, 0.4) is 0 Å². The molecular formula is C65H112O6. The van der Waals surface area contributed by atoms with E-state index >= 15 is 0 Å². The average Bonchev–Trinajstić information content (AvgIpc) is 3.37. The first-order valence-corrected chi connectivity index (χ1v) is 30.1. The average molecular weight is 990 g/mol. The normalized spacial score (nSPS) is 12.7. The zero-order valence-electron chi connectivity index (χ0n) is 46.7. The Morgan fingerprint density at radius 2 is 0.521 bits per heavy atom. The Morgan fingerprint density at radius 1 is 0.282 bits per heavy atom. The zero-order valence-corrected chi connectivity index (χ0v) is 46.7. The maximum Gasteiger partial charge on any atom is 0.306 e. The van der Waals surface area contributed by atoms with Crippen molar-refractivity contribution in [2.75, 3.05) is 13.2 Å². The van der Waals surface area contributed by atoms with Crippen LogP contribution in [0.5, 0.6) is 0 Å². The zero-order chi connectivity index (χ0) is 51.4. The molecule has 71 heavy (non-hydrogen) atoms. The van der Waals surface area contributed by atoms with Gasteiger partial charge in [0.15, 0.2) is 6.10 Å². The summed E-state index contributed by atoms with van der Waals surface area (Å²) >= 11 is 0. The van der Waals surface area contributed by atoms with Crippen molar-refractivity contribution in [3.05, 3.63) is 85.1 Å². The molecule has 0 heterocycles. The molecule has 0 unspecified atom stereocenters. The molecule has 0 saturated carbocycles. The number of allylic oxidation sites excluding steroid dienone is 14. The Hall–Kier alpha value is -3.41. The maximum absolute atomic E-state index is 12.8. The first kappa shape index (κ1) is 67.6. The van der Waals surface area contributed by atoms with E-state index in [4.69, 9.17) is 14.2 Å². The molecule has 0 fully saturated rings. The molecule has 0 aliphatic heterocycles. The van der Waals surface area contributed by atoms with Crippen LogP contribution in [0.25, 0.3) is 0 Å². The molecule has 1 atom stereocenters. The van der Waals surface area contributed by atoms with Crippen LogP contribution in [-0.4, -0.2) is 37.2 Å². The molecule has 0 spiro atoms.